The molecule has 0 fully saturated rings. The predicted molar refractivity (Wildman–Crippen MR) is 99.6 cm³/mol. The fraction of sp³-hybridized carbons (Fsp3) is 0.105. The van der Waals surface area contributed by atoms with Crippen LogP contribution in [-0.4, -0.2) is 26.9 Å². The Morgan fingerprint density at radius 3 is 2.92 bits per heavy atom. The van der Waals surface area contributed by atoms with E-state index in [1.165, 1.54) is 0 Å². The van der Waals surface area contributed by atoms with Gasteiger partial charge in [-0.1, -0.05) is 28.1 Å². The Balaban J connectivity index is 1.98. The van der Waals surface area contributed by atoms with Crippen LogP contribution < -0.4 is 0 Å². The molecule has 0 unspecified atom stereocenters. The summed E-state index contributed by atoms with van der Waals surface area (Å²) < 4.78 is 8.04. The summed E-state index contributed by atoms with van der Waals surface area (Å²) in [6.45, 7) is 2.13. The van der Waals surface area contributed by atoms with Crippen molar-refractivity contribution in [2.45, 2.75) is 6.92 Å². The van der Waals surface area contributed by atoms with Gasteiger partial charge in [0.1, 0.15) is 5.69 Å². The molecule has 25 heavy (non-hydrogen) atoms. The molecule has 0 saturated carbocycles. The van der Waals surface area contributed by atoms with Gasteiger partial charge in [0.25, 0.3) is 0 Å². The first-order valence-electron chi connectivity index (χ1n) is 7.87. The first kappa shape index (κ1) is 15.8. The Morgan fingerprint density at radius 2 is 2.12 bits per heavy atom. The average Bonchev–Trinajstić information content (AvgIpc) is 3.10. The summed E-state index contributed by atoms with van der Waals surface area (Å²) >= 11 is 3.50. The molecular weight excluding hydrogens is 382 g/mol. The Hall–Kier alpha value is -2.73. The van der Waals surface area contributed by atoms with Crippen molar-refractivity contribution >= 4 is 38.6 Å². The lowest BCUT2D eigenvalue weighted by molar-refractivity contribution is 0.0526. The number of nitrogens with zero attached hydrogens (tertiary/aromatic N) is 3. The molecule has 0 amide bonds. The summed E-state index contributed by atoms with van der Waals surface area (Å²) in [5.74, 6) is -0.346. The highest BCUT2D eigenvalue weighted by atomic mass is 79.9. The van der Waals surface area contributed by atoms with Gasteiger partial charge in [-0.05, 0) is 37.3 Å². The topological polar surface area (TPSA) is 56.5 Å². The Kier molecular flexibility index (Phi) is 3.97. The first-order chi connectivity index (χ1) is 12.2. The minimum absolute atomic E-state index is 0.341. The third-order valence-corrected chi connectivity index (χ3v) is 4.42. The van der Waals surface area contributed by atoms with Crippen molar-refractivity contribution in [1.29, 1.82) is 0 Å². The number of hydrogen-bond donors (Lipinski definition) is 0. The molecule has 0 aliphatic carbocycles. The second kappa shape index (κ2) is 6.29. The Morgan fingerprint density at radius 1 is 1.24 bits per heavy atom. The summed E-state index contributed by atoms with van der Waals surface area (Å²) in [6, 6.07) is 13.3. The van der Waals surface area contributed by atoms with Crippen LogP contribution >= 0.6 is 15.9 Å². The van der Waals surface area contributed by atoms with E-state index in [1.807, 2.05) is 40.9 Å². The fourth-order valence-corrected chi connectivity index (χ4v) is 3.23. The second-order valence-electron chi connectivity index (χ2n) is 5.52. The molecule has 0 aliphatic rings. The Labute approximate surface area is 152 Å². The number of imidazole rings is 1. The van der Waals surface area contributed by atoms with Crippen molar-refractivity contribution < 1.29 is 9.53 Å². The monoisotopic (exact) mass is 395 g/mol. The van der Waals surface area contributed by atoms with Crippen LogP contribution in [0.4, 0.5) is 0 Å². The van der Waals surface area contributed by atoms with E-state index in [0.717, 1.165) is 26.9 Å². The number of halogens is 1. The molecular formula is C19H14BrN3O2. The summed E-state index contributed by atoms with van der Waals surface area (Å²) in [6.07, 6.45) is 3.64. The molecule has 0 saturated heterocycles. The normalized spacial score (nSPS) is 11.1. The third kappa shape index (κ3) is 2.78. The molecule has 6 heteroatoms. The minimum Gasteiger partial charge on any atom is -0.462 e. The van der Waals surface area contributed by atoms with Crippen LogP contribution in [0.2, 0.25) is 0 Å². The van der Waals surface area contributed by atoms with Crippen LogP contribution in [0.5, 0.6) is 0 Å². The zero-order chi connectivity index (χ0) is 17.4. The molecule has 0 atom stereocenters. The number of carbonyl (C=O) groups is 1. The number of fused-ring (bicyclic) bond motifs is 3. The van der Waals surface area contributed by atoms with E-state index in [-0.39, 0.29) is 5.97 Å². The standard InChI is InChI=1S/C19H14BrN3O2/c1-2-25-19(24)13-6-7-16-15(11-13)22-17(18-21-8-9-23(16)18)12-4-3-5-14(20)10-12/h3-11H,2H2,1H3. The van der Waals surface area contributed by atoms with Gasteiger partial charge in [-0.25, -0.2) is 14.8 Å². The first-order valence-corrected chi connectivity index (χ1v) is 8.66. The number of carbonyl (C=O) groups excluding carboxylic acids is 1. The lowest BCUT2D eigenvalue weighted by atomic mass is 10.1. The lowest BCUT2D eigenvalue weighted by Gasteiger charge is -2.09. The number of hydrogen-bond acceptors (Lipinski definition) is 4. The van der Waals surface area contributed by atoms with Crippen molar-refractivity contribution in [3.63, 3.8) is 0 Å². The number of esters is 1. The maximum atomic E-state index is 12.0. The van der Waals surface area contributed by atoms with E-state index in [1.54, 1.807) is 25.3 Å². The maximum Gasteiger partial charge on any atom is 0.338 e. The zero-order valence-corrected chi connectivity index (χ0v) is 15.0. The minimum atomic E-state index is -0.346. The average molecular weight is 396 g/mol. The van der Waals surface area contributed by atoms with E-state index >= 15 is 0 Å². The maximum absolute atomic E-state index is 12.0. The van der Waals surface area contributed by atoms with Gasteiger partial charge < -0.3 is 4.74 Å². The van der Waals surface area contributed by atoms with Crippen molar-refractivity contribution in [1.82, 2.24) is 14.4 Å². The van der Waals surface area contributed by atoms with Gasteiger partial charge in [0.2, 0.25) is 0 Å². The highest BCUT2D eigenvalue weighted by Gasteiger charge is 2.14. The molecule has 0 radical (unpaired) electrons. The van der Waals surface area contributed by atoms with E-state index < -0.39 is 0 Å². The van der Waals surface area contributed by atoms with E-state index in [4.69, 9.17) is 9.72 Å². The molecule has 2 aromatic carbocycles. The van der Waals surface area contributed by atoms with E-state index in [2.05, 4.69) is 20.9 Å². The third-order valence-electron chi connectivity index (χ3n) is 3.93. The number of benzene rings is 2. The van der Waals surface area contributed by atoms with Gasteiger partial charge in [-0.15, -0.1) is 0 Å². The number of rotatable bonds is 3. The highest BCUT2D eigenvalue weighted by Crippen LogP contribution is 2.28. The smallest absolute Gasteiger partial charge is 0.338 e. The van der Waals surface area contributed by atoms with Crippen LogP contribution in [0.3, 0.4) is 0 Å². The summed E-state index contributed by atoms with van der Waals surface area (Å²) in [4.78, 5) is 21.3. The van der Waals surface area contributed by atoms with Crippen molar-refractivity contribution in [2.75, 3.05) is 6.61 Å². The van der Waals surface area contributed by atoms with Crippen LogP contribution in [0.15, 0.2) is 59.3 Å². The summed E-state index contributed by atoms with van der Waals surface area (Å²) in [5.41, 5.74) is 4.58. The van der Waals surface area contributed by atoms with Crippen molar-refractivity contribution in [3.8, 4) is 11.3 Å². The molecule has 0 bridgehead atoms. The zero-order valence-electron chi connectivity index (χ0n) is 13.4. The number of ether oxygens (including phenoxy) is 1. The van der Waals surface area contributed by atoms with E-state index in [9.17, 15) is 4.79 Å². The molecule has 5 nitrogen and oxygen atoms in total. The van der Waals surface area contributed by atoms with Gasteiger partial charge >= 0.3 is 5.97 Å². The van der Waals surface area contributed by atoms with Gasteiger partial charge in [0.05, 0.1) is 23.2 Å². The van der Waals surface area contributed by atoms with Crippen LogP contribution in [0.25, 0.3) is 27.9 Å². The molecule has 0 spiro atoms. The van der Waals surface area contributed by atoms with Gasteiger partial charge in [0, 0.05) is 22.4 Å². The van der Waals surface area contributed by atoms with E-state index in [0.29, 0.717) is 17.7 Å². The highest BCUT2D eigenvalue weighted by molar-refractivity contribution is 9.10. The molecule has 4 rings (SSSR count). The van der Waals surface area contributed by atoms with Gasteiger partial charge in [-0.3, -0.25) is 4.40 Å². The van der Waals surface area contributed by atoms with Gasteiger partial charge in [0.15, 0.2) is 5.65 Å². The lowest BCUT2D eigenvalue weighted by Crippen LogP contribution is -2.05. The predicted octanol–water partition coefficient (Wildman–Crippen LogP) is 4.49. The Bertz CT molecular complexity index is 1100. The van der Waals surface area contributed by atoms with Crippen LogP contribution in [-0.2, 0) is 4.74 Å². The van der Waals surface area contributed by atoms with Crippen LogP contribution in [0.1, 0.15) is 17.3 Å². The van der Waals surface area contributed by atoms with Crippen molar-refractivity contribution in [2.24, 2.45) is 0 Å². The second-order valence-corrected chi connectivity index (χ2v) is 6.43. The molecule has 0 aliphatic heterocycles. The van der Waals surface area contributed by atoms with Gasteiger partial charge in [-0.2, -0.15) is 0 Å². The quantitative estimate of drug-likeness (QED) is 0.479. The molecule has 0 N–H and O–H groups in total. The van der Waals surface area contributed by atoms with Crippen molar-refractivity contribution in [3.05, 3.63) is 64.9 Å². The summed E-state index contributed by atoms with van der Waals surface area (Å²) in [7, 11) is 0. The number of aromatic nitrogens is 3. The molecule has 2 aromatic heterocycles. The fourth-order valence-electron chi connectivity index (χ4n) is 2.83. The summed E-state index contributed by atoms with van der Waals surface area (Å²) in [5, 5.41) is 0. The largest absolute Gasteiger partial charge is 0.462 e. The molecule has 4 aromatic rings. The SMILES string of the molecule is CCOC(=O)c1ccc2c(c1)nc(-c1cccc(Br)c1)c1nccn12. The molecule has 124 valence electrons. The van der Waals surface area contributed by atoms with Crippen LogP contribution in [0, 0.1) is 0 Å². The molecule has 2 heterocycles.